The maximum absolute atomic E-state index is 11.3. The molecule has 1 aromatic carbocycles. The van der Waals surface area contributed by atoms with Crippen molar-refractivity contribution in [1.29, 1.82) is 0 Å². The Bertz CT molecular complexity index is 556. The second kappa shape index (κ2) is 4.50. The van der Waals surface area contributed by atoms with Crippen molar-refractivity contribution in [3.63, 3.8) is 0 Å². The largest absolute Gasteiger partial charge is 0.295 e. The molecule has 2 aromatic rings. The van der Waals surface area contributed by atoms with Gasteiger partial charge in [0, 0.05) is 23.0 Å². The van der Waals surface area contributed by atoms with Gasteiger partial charge in [0.15, 0.2) is 5.78 Å². The molecule has 86 valence electrons. The van der Waals surface area contributed by atoms with Crippen LogP contribution in [0.2, 0.25) is 0 Å². The lowest BCUT2D eigenvalue weighted by molar-refractivity contribution is 0.101. The minimum atomic E-state index is 0.107. The summed E-state index contributed by atoms with van der Waals surface area (Å²) < 4.78 is 0. The van der Waals surface area contributed by atoms with Gasteiger partial charge in [0.1, 0.15) is 0 Å². The molecule has 0 radical (unpaired) electrons. The van der Waals surface area contributed by atoms with Crippen LogP contribution in [-0.4, -0.2) is 10.8 Å². The molecule has 0 aliphatic heterocycles. The minimum absolute atomic E-state index is 0.107. The summed E-state index contributed by atoms with van der Waals surface area (Å²) in [5.74, 6) is 0.107. The van der Waals surface area contributed by atoms with E-state index in [9.17, 15) is 4.79 Å². The molecule has 0 spiro atoms. The fourth-order valence-electron chi connectivity index (χ4n) is 1.88. The third-order valence-electron chi connectivity index (χ3n) is 2.85. The normalized spacial score (nSPS) is 10.3. The number of ketones is 1. The average Bonchev–Trinajstić information content (AvgIpc) is 2.29. The summed E-state index contributed by atoms with van der Waals surface area (Å²) in [6, 6.07) is 9.92. The van der Waals surface area contributed by atoms with E-state index in [1.54, 1.807) is 6.92 Å². The van der Waals surface area contributed by atoms with Gasteiger partial charge < -0.3 is 0 Å². The van der Waals surface area contributed by atoms with Crippen LogP contribution in [0, 0.1) is 13.8 Å². The van der Waals surface area contributed by atoms with Crippen molar-refractivity contribution in [2.75, 3.05) is 0 Å². The van der Waals surface area contributed by atoms with Crippen LogP contribution in [0.15, 0.2) is 36.5 Å². The highest BCUT2D eigenvalue weighted by Gasteiger charge is 2.05. The van der Waals surface area contributed by atoms with Crippen LogP contribution in [0.1, 0.15) is 28.5 Å². The molecule has 0 bridgehead atoms. The Hall–Kier alpha value is -1.96. The first kappa shape index (κ1) is 11.5. The van der Waals surface area contributed by atoms with Crippen LogP contribution in [0.5, 0.6) is 0 Å². The van der Waals surface area contributed by atoms with Gasteiger partial charge in [-0.2, -0.15) is 0 Å². The van der Waals surface area contributed by atoms with Crippen molar-refractivity contribution in [2.45, 2.75) is 20.8 Å². The summed E-state index contributed by atoms with van der Waals surface area (Å²) in [5.41, 5.74) is 4.98. The SMILES string of the molecule is CC(=O)c1ccc(-c2ccc(C)nc2)cc1C. The third kappa shape index (κ3) is 2.41. The van der Waals surface area contributed by atoms with E-state index in [1.807, 2.05) is 50.4 Å². The van der Waals surface area contributed by atoms with Gasteiger partial charge in [-0.15, -0.1) is 0 Å². The van der Waals surface area contributed by atoms with E-state index in [0.29, 0.717) is 0 Å². The van der Waals surface area contributed by atoms with E-state index in [4.69, 9.17) is 0 Å². The Morgan fingerprint density at radius 1 is 1.06 bits per heavy atom. The molecule has 0 aliphatic rings. The zero-order valence-corrected chi connectivity index (χ0v) is 10.3. The molecule has 0 amide bonds. The Morgan fingerprint density at radius 2 is 1.76 bits per heavy atom. The molecular weight excluding hydrogens is 210 g/mol. The zero-order valence-electron chi connectivity index (χ0n) is 10.3. The maximum atomic E-state index is 11.3. The number of aromatic nitrogens is 1. The van der Waals surface area contributed by atoms with Gasteiger partial charge in [-0.05, 0) is 38.0 Å². The van der Waals surface area contributed by atoms with Gasteiger partial charge in [-0.25, -0.2) is 0 Å². The van der Waals surface area contributed by atoms with Crippen molar-refractivity contribution in [1.82, 2.24) is 4.98 Å². The summed E-state index contributed by atoms with van der Waals surface area (Å²) in [6.07, 6.45) is 1.86. The van der Waals surface area contributed by atoms with E-state index in [1.165, 1.54) is 0 Å². The van der Waals surface area contributed by atoms with Crippen LogP contribution in [0.3, 0.4) is 0 Å². The topological polar surface area (TPSA) is 30.0 Å². The standard InChI is InChI=1S/C15H15NO/c1-10-8-13(6-7-15(10)12(3)17)14-5-4-11(2)16-9-14/h4-9H,1-3H3. The van der Waals surface area contributed by atoms with Crippen molar-refractivity contribution in [3.8, 4) is 11.1 Å². The van der Waals surface area contributed by atoms with Crippen LogP contribution >= 0.6 is 0 Å². The summed E-state index contributed by atoms with van der Waals surface area (Å²) >= 11 is 0. The highest BCUT2D eigenvalue weighted by Crippen LogP contribution is 2.22. The molecule has 2 heteroatoms. The first-order valence-electron chi connectivity index (χ1n) is 5.62. The highest BCUT2D eigenvalue weighted by molar-refractivity contribution is 5.96. The number of hydrogen-bond donors (Lipinski definition) is 0. The summed E-state index contributed by atoms with van der Waals surface area (Å²) in [5, 5.41) is 0. The van der Waals surface area contributed by atoms with Crippen LogP contribution in [0.25, 0.3) is 11.1 Å². The molecule has 2 nitrogen and oxygen atoms in total. The third-order valence-corrected chi connectivity index (χ3v) is 2.85. The van der Waals surface area contributed by atoms with Crippen LogP contribution in [-0.2, 0) is 0 Å². The average molecular weight is 225 g/mol. The fraction of sp³-hybridized carbons (Fsp3) is 0.200. The number of pyridine rings is 1. The maximum Gasteiger partial charge on any atom is 0.160 e. The van der Waals surface area contributed by atoms with E-state index in [0.717, 1.165) is 27.9 Å². The van der Waals surface area contributed by atoms with Gasteiger partial charge in [0.25, 0.3) is 0 Å². The lowest BCUT2D eigenvalue weighted by Gasteiger charge is -2.06. The summed E-state index contributed by atoms with van der Waals surface area (Å²) in [6.45, 7) is 5.52. The Labute approximate surface area is 101 Å². The molecular formula is C15H15NO. The number of carbonyl (C=O) groups is 1. The summed E-state index contributed by atoms with van der Waals surface area (Å²) in [4.78, 5) is 15.6. The molecule has 2 rings (SSSR count). The molecule has 1 aromatic heterocycles. The predicted octanol–water partition coefficient (Wildman–Crippen LogP) is 3.57. The Kier molecular flexibility index (Phi) is 3.05. The lowest BCUT2D eigenvalue weighted by atomic mass is 9.99. The van der Waals surface area contributed by atoms with E-state index >= 15 is 0 Å². The number of aryl methyl sites for hydroxylation is 2. The lowest BCUT2D eigenvalue weighted by Crippen LogP contribution is -1.96. The quantitative estimate of drug-likeness (QED) is 0.731. The highest BCUT2D eigenvalue weighted by atomic mass is 16.1. The number of carbonyl (C=O) groups excluding carboxylic acids is 1. The molecule has 1 heterocycles. The van der Waals surface area contributed by atoms with Crippen molar-refractivity contribution in [3.05, 3.63) is 53.3 Å². The molecule has 0 saturated heterocycles. The molecule has 0 N–H and O–H groups in total. The minimum Gasteiger partial charge on any atom is -0.295 e. The van der Waals surface area contributed by atoms with Gasteiger partial charge >= 0.3 is 0 Å². The molecule has 0 fully saturated rings. The number of benzene rings is 1. The van der Waals surface area contributed by atoms with Crippen LogP contribution in [0.4, 0.5) is 0 Å². The van der Waals surface area contributed by atoms with E-state index in [-0.39, 0.29) is 5.78 Å². The van der Waals surface area contributed by atoms with E-state index in [2.05, 4.69) is 4.98 Å². The number of hydrogen-bond acceptors (Lipinski definition) is 2. The van der Waals surface area contributed by atoms with Gasteiger partial charge in [0.05, 0.1) is 0 Å². The van der Waals surface area contributed by atoms with E-state index < -0.39 is 0 Å². The van der Waals surface area contributed by atoms with Crippen molar-refractivity contribution < 1.29 is 4.79 Å². The van der Waals surface area contributed by atoms with Crippen molar-refractivity contribution in [2.24, 2.45) is 0 Å². The predicted molar refractivity (Wildman–Crippen MR) is 69.2 cm³/mol. The monoisotopic (exact) mass is 225 g/mol. The first-order valence-corrected chi connectivity index (χ1v) is 5.62. The van der Waals surface area contributed by atoms with Gasteiger partial charge in [0.2, 0.25) is 0 Å². The Morgan fingerprint density at radius 3 is 2.29 bits per heavy atom. The number of Topliss-reactive ketones (excluding diaryl/α,β-unsaturated/α-hetero) is 1. The molecule has 0 aliphatic carbocycles. The van der Waals surface area contributed by atoms with Gasteiger partial charge in [-0.3, -0.25) is 9.78 Å². The van der Waals surface area contributed by atoms with Crippen LogP contribution < -0.4 is 0 Å². The first-order chi connectivity index (χ1) is 8.08. The van der Waals surface area contributed by atoms with Gasteiger partial charge in [-0.1, -0.05) is 24.3 Å². The molecule has 17 heavy (non-hydrogen) atoms. The smallest absolute Gasteiger partial charge is 0.160 e. The molecule has 0 unspecified atom stereocenters. The second-order valence-electron chi connectivity index (χ2n) is 4.27. The van der Waals surface area contributed by atoms with Crippen molar-refractivity contribution >= 4 is 5.78 Å². The number of rotatable bonds is 2. The Balaban J connectivity index is 2.44. The fourth-order valence-corrected chi connectivity index (χ4v) is 1.88. The molecule has 0 saturated carbocycles. The second-order valence-corrected chi connectivity index (χ2v) is 4.27. The summed E-state index contributed by atoms with van der Waals surface area (Å²) in [7, 11) is 0. The molecule has 0 atom stereocenters. The number of nitrogens with zero attached hydrogens (tertiary/aromatic N) is 1. The zero-order chi connectivity index (χ0) is 12.4.